The van der Waals surface area contributed by atoms with Gasteiger partial charge in [0.15, 0.2) is 5.76 Å². The normalized spacial score (nSPS) is 13.6. The van der Waals surface area contributed by atoms with Crippen molar-refractivity contribution >= 4 is 17.5 Å². The average Bonchev–Trinajstić information content (AvgIpc) is 3.27. The van der Waals surface area contributed by atoms with Gasteiger partial charge in [0.25, 0.3) is 11.8 Å². The van der Waals surface area contributed by atoms with E-state index in [0.29, 0.717) is 25.2 Å². The van der Waals surface area contributed by atoms with Crippen LogP contribution < -0.4 is 5.32 Å². The quantitative estimate of drug-likeness (QED) is 0.673. The molecule has 0 fully saturated rings. The van der Waals surface area contributed by atoms with E-state index >= 15 is 0 Å². The van der Waals surface area contributed by atoms with Crippen LogP contribution in [0.4, 0.5) is 18.9 Å². The summed E-state index contributed by atoms with van der Waals surface area (Å²) in [6.07, 6.45) is -2.43. The predicted molar refractivity (Wildman–Crippen MR) is 103 cm³/mol. The van der Waals surface area contributed by atoms with Crippen LogP contribution >= 0.6 is 0 Å². The molecule has 0 radical (unpaired) electrons. The number of carbonyl (C=O) groups is 2. The van der Waals surface area contributed by atoms with E-state index in [9.17, 15) is 22.8 Å². The Hall–Kier alpha value is -3.55. The summed E-state index contributed by atoms with van der Waals surface area (Å²) in [5.74, 6) is -0.600. The van der Waals surface area contributed by atoms with Gasteiger partial charge in [0.05, 0.1) is 11.8 Å². The van der Waals surface area contributed by atoms with Crippen molar-refractivity contribution in [1.29, 1.82) is 0 Å². The zero-order valence-electron chi connectivity index (χ0n) is 15.7. The van der Waals surface area contributed by atoms with Crippen LogP contribution in [0.15, 0.2) is 65.3 Å². The first-order chi connectivity index (χ1) is 14.3. The molecule has 0 aliphatic carbocycles. The number of alkyl halides is 3. The second kappa shape index (κ2) is 7.70. The summed E-state index contributed by atoms with van der Waals surface area (Å²) in [6, 6.07) is 12.8. The van der Waals surface area contributed by atoms with Crippen LogP contribution in [0.1, 0.15) is 37.6 Å². The van der Waals surface area contributed by atoms with Crippen molar-refractivity contribution in [3.63, 3.8) is 0 Å². The number of hydrogen-bond donors (Lipinski definition) is 1. The third kappa shape index (κ3) is 4.07. The van der Waals surface area contributed by atoms with Gasteiger partial charge in [-0.1, -0.05) is 12.1 Å². The van der Waals surface area contributed by atoms with Gasteiger partial charge in [-0.2, -0.15) is 13.2 Å². The van der Waals surface area contributed by atoms with Crippen LogP contribution in [0.3, 0.4) is 0 Å². The maximum Gasteiger partial charge on any atom is 0.416 e. The summed E-state index contributed by atoms with van der Waals surface area (Å²) in [4.78, 5) is 26.6. The van der Waals surface area contributed by atoms with Crippen LogP contribution in [-0.4, -0.2) is 23.3 Å². The number of rotatable bonds is 3. The molecule has 5 nitrogen and oxygen atoms in total. The first-order valence-electron chi connectivity index (χ1n) is 9.24. The highest BCUT2D eigenvalue weighted by molar-refractivity contribution is 6.04. The first kappa shape index (κ1) is 19.8. The Balaban J connectivity index is 1.50. The molecule has 30 heavy (non-hydrogen) atoms. The Bertz CT molecular complexity index is 1090. The topological polar surface area (TPSA) is 62.6 Å². The van der Waals surface area contributed by atoms with Gasteiger partial charge in [0.2, 0.25) is 0 Å². The SMILES string of the molecule is O=C(Nc1ccc2c(c1)CN(C(=O)c1ccco1)CC2)c1cccc(C(F)(F)F)c1. The predicted octanol–water partition coefficient (Wildman–Crippen LogP) is 4.75. The molecule has 8 heteroatoms. The molecule has 0 unspecified atom stereocenters. The van der Waals surface area contributed by atoms with E-state index in [1.165, 1.54) is 18.4 Å². The Labute approximate surface area is 170 Å². The van der Waals surface area contributed by atoms with E-state index in [1.807, 2.05) is 6.07 Å². The van der Waals surface area contributed by atoms with Gasteiger partial charge >= 0.3 is 6.18 Å². The number of carbonyl (C=O) groups excluding carboxylic acids is 2. The summed E-state index contributed by atoms with van der Waals surface area (Å²) in [5, 5.41) is 2.63. The molecular weight excluding hydrogens is 397 g/mol. The van der Waals surface area contributed by atoms with E-state index in [2.05, 4.69) is 5.32 Å². The largest absolute Gasteiger partial charge is 0.459 e. The summed E-state index contributed by atoms with van der Waals surface area (Å²) in [7, 11) is 0. The Morgan fingerprint density at radius 2 is 1.83 bits per heavy atom. The summed E-state index contributed by atoms with van der Waals surface area (Å²) < 4.78 is 43.8. The first-order valence-corrected chi connectivity index (χ1v) is 9.24. The molecule has 1 aromatic heterocycles. The molecule has 154 valence electrons. The van der Waals surface area contributed by atoms with E-state index in [4.69, 9.17) is 4.42 Å². The number of anilines is 1. The fourth-order valence-electron chi connectivity index (χ4n) is 3.40. The molecule has 0 saturated heterocycles. The lowest BCUT2D eigenvalue weighted by molar-refractivity contribution is -0.137. The second-order valence-electron chi connectivity index (χ2n) is 6.97. The summed E-state index contributed by atoms with van der Waals surface area (Å²) in [6.45, 7) is 0.893. The molecule has 0 spiro atoms. The van der Waals surface area contributed by atoms with Crippen LogP contribution in [0, 0.1) is 0 Å². The molecule has 1 aliphatic rings. The maximum absolute atomic E-state index is 12.9. The molecule has 2 heterocycles. The Morgan fingerprint density at radius 3 is 2.57 bits per heavy atom. The van der Waals surface area contributed by atoms with Crippen molar-refractivity contribution in [2.45, 2.75) is 19.1 Å². The van der Waals surface area contributed by atoms with E-state index in [1.54, 1.807) is 29.2 Å². The van der Waals surface area contributed by atoms with Gasteiger partial charge in [-0.15, -0.1) is 0 Å². The van der Waals surface area contributed by atoms with Gasteiger partial charge in [-0.25, -0.2) is 0 Å². The monoisotopic (exact) mass is 414 g/mol. The minimum atomic E-state index is -4.52. The molecular formula is C22H17F3N2O3. The fraction of sp³-hybridized carbons (Fsp3) is 0.182. The summed E-state index contributed by atoms with van der Waals surface area (Å²) in [5.41, 5.74) is 1.40. The standard InChI is InChI=1S/C22H17F3N2O3/c23-22(24,25)17-4-1-3-15(11-17)20(28)26-18-7-6-14-8-9-27(13-16(14)12-18)21(29)19-5-2-10-30-19/h1-7,10-12H,8-9,13H2,(H,26,28). The average molecular weight is 414 g/mol. The van der Waals surface area contributed by atoms with Gasteiger partial charge in [0.1, 0.15) is 0 Å². The lowest BCUT2D eigenvalue weighted by atomic mass is 9.98. The van der Waals surface area contributed by atoms with Crippen LogP contribution in [0.25, 0.3) is 0 Å². The molecule has 0 atom stereocenters. The van der Waals surface area contributed by atoms with E-state index in [0.717, 1.165) is 23.3 Å². The number of benzene rings is 2. The Kier molecular flexibility index (Phi) is 5.07. The lowest BCUT2D eigenvalue weighted by Gasteiger charge is -2.28. The van der Waals surface area contributed by atoms with Gasteiger partial charge in [-0.05, 0) is 60.0 Å². The van der Waals surface area contributed by atoms with Crippen LogP contribution in [0.2, 0.25) is 0 Å². The summed E-state index contributed by atoms with van der Waals surface area (Å²) >= 11 is 0. The van der Waals surface area contributed by atoms with E-state index < -0.39 is 17.6 Å². The van der Waals surface area contributed by atoms with Gasteiger partial charge in [-0.3, -0.25) is 9.59 Å². The maximum atomic E-state index is 12.9. The smallest absolute Gasteiger partial charge is 0.416 e. The highest BCUT2D eigenvalue weighted by Gasteiger charge is 2.31. The van der Waals surface area contributed by atoms with Crippen molar-refractivity contribution in [2.75, 3.05) is 11.9 Å². The zero-order valence-corrected chi connectivity index (χ0v) is 15.7. The van der Waals surface area contributed by atoms with Gasteiger partial charge in [0, 0.05) is 24.3 Å². The van der Waals surface area contributed by atoms with Crippen LogP contribution in [0.5, 0.6) is 0 Å². The zero-order chi connectivity index (χ0) is 21.3. The highest BCUT2D eigenvalue weighted by atomic mass is 19.4. The number of halogens is 3. The van der Waals surface area contributed by atoms with Gasteiger partial charge < -0.3 is 14.6 Å². The number of nitrogens with one attached hydrogen (secondary N) is 1. The van der Waals surface area contributed by atoms with Crippen molar-refractivity contribution in [1.82, 2.24) is 4.90 Å². The molecule has 2 aromatic carbocycles. The van der Waals surface area contributed by atoms with Crippen molar-refractivity contribution in [2.24, 2.45) is 0 Å². The molecule has 4 rings (SSSR count). The van der Waals surface area contributed by atoms with E-state index in [-0.39, 0.29) is 17.2 Å². The van der Waals surface area contributed by atoms with Crippen molar-refractivity contribution in [3.8, 4) is 0 Å². The molecule has 0 bridgehead atoms. The third-order valence-electron chi connectivity index (χ3n) is 4.95. The number of hydrogen-bond acceptors (Lipinski definition) is 3. The number of amides is 2. The molecule has 0 saturated carbocycles. The highest BCUT2D eigenvalue weighted by Crippen LogP contribution is 2.30. The second-order valence-corrected chi connectivity index (χ2v) is 6.97. The molecule has 2 amide bonds. The van der Waals surface area contributed by atoms with Crippen molar-refractivity contribution < 1.29 is 27.2 Å². The number of fused-ring (bicyclic) bond motifs is 1. The lowest BCUT2D eigenvalue weighted by Crippen LogP contribution is -2.35. The number of furan rings is 1. The Morgan fingerprint density at radius 1 is 1.00 bits per heavy atom. The van der Waals surface area contributed by atoms with Crippen molar-refractivity contribution in [3.05, 3.63) is 88.9 Å². The van der Waals surface area contributed by atoms with Crippen LogP contribution in [-0.2, 0) is 19.1 Å². The minimum absolute atomic E-state index is 0.0860. The molecule has 1 aliphatic heterocycles. The third-order valence-corrected chi connectivity index (χ3v) is 4.95. The fourth-order valence-corrected chi connectivity index (χ4v) is 3.40. The number of nitrogens with zero attached hydrogens (tertiary/aromatic N) is 1. The molecule has 3 aromatic rings. The minimum Gasteiger partial charge on any atom is -0.459 e. The molecule has 1 N–H and O–H groups in total.